The first-order valence-electron chi connectivity index (χ1n) is 9.60. The molecule has 2 aromatic rings. The summed E-state index contributed by atoms with van der Waals surface area (Å²) in [5.74, 6) is 1.48. The number of nitrogens with zero attached hydrogens (tertiary/aromatic N) is 2. The van der Waals surface area contributed by atoms with Crippen molar-refractivity contribution in [2.24, 2.45) is 11.0 Å². The smallest absolute Gasteiger partial charge is 0.243 e. The summed E-state index contributed by atoms with van der Waals surface area (Å²) in [6, 6.07) is 13.3. The molecule has 6 heteroatoms. The highest BCUT2D eigenvalue weighted by atomic mass is 16.5. The van der Waals surface area contributed by atoms with E-state index in [-0.39, 0.29) is 11.8 Å². The molecular weight excluding hydrogens is 354 g/mol. The van der Waals surface area contributed by atoms with Crippen LogP contribution in [0.3, 0.4) is 0 Å². The fourth-order valence-electron chi connectivity index (χ4n) is 3.33. The number of methoxy groups -OCH3 is 1. The third-order valence-electron chi connectivity index (χ3n) is 4.89. The largest absolute Gasteiger partial charge is 0.493 e. The van der Waals surface area contributed by atoms with Gasteiger partial charge in [0.05, 0.1) is 26.0 Å². The van der Waals surface area contributed by atoms with Gasteiger partial charge in [0.1, 0.15) is 0 Å². The number of hydrogen-bond donors (Lipinski definition) is 1. The molecule has 0 saturated carbocycles. The van der Waals surface area contributed by atoms with Crippen molar-refractivity contribution in [3.05, 3.63) is 53.6 Å². The van der Waals surface area contributed by atoms with Crippen molar-refractivity contribution in [3.63, 3.8) is 0 Å². The van der Waals surface area contributed by atoms with E-state index in [4.69, 9.17) is 20.3 Å². The van der Waals surface area contributed by atoms with E-state index in [0.717, 1.165) is 23.3 Å². The Kier molecular flexibility index (Phi) is 6.19. The average molecular weight is 381 g/mol. The van der Waals surface area contributed by atoms with Crippen LogP contribution in [-0.2, 0) is 11.3 Å². The first-order valence-corrected chi connectivity index (χ1v) is 9.60. The molecule has 6 nitrogen and oxygen atoms in total. The fourth-order valence-corrected chi connectivity index (χ4v) is 3.33. The Hall–Kier alpha value is -3.02. The van der Waals surface area contributed by atoms with Gasteiger partial charge < -0.3 is 15.2 Å². The number of anilines is 1. The van der Waals surface area contributed by atoms with E-state index in [1.807, 2.05) is 49.4 Å². The van der Waals surface area contributed by atoms with Crippen molar-refractivity contribution >= 4 is 17.3 Å². The molecule has 1 aliphatic heterocycles. The summed E-state index contributed by atoms with van der Waals surface area (Å²) in [5, 5.41) is 6.28. The van der Waals surface area contributed by atoms with E-state index >= 15 is 0 Å². The van der Waals surface area contributed by atoms with Gasteiger partial charge in [-0.3, -0.25) is 4.79 Å². The summed E-state index contributed by atoms with van der Waals surface area (Å²) in [4.78, 5) is 12.6. The summed E-state index contributed by atoms with van der Waals surface area (Å²) >= 11 is 0. The second-order valence-electron chi connectivity index (χ2n) is 6.79. The summed E-state index contributed by atoms with van der Waals surface area (Å²) in [6.07, 6.45) is 1.29. The molecule has 1 heterocycles. The molecule has 1 unspecified atom stereocenters. The summed E-state index contributed by atoms with van der Waals surface area (Å²) < 4.78 is 11.1. The van der Waals surface area contributed by atoms with Gasteiger partial charge in [0.15, 0.2) is 11.5 Å². The van der Waals surface area contributed by atoms with Crippen molar-refractivity contribution in [2.75, 3.05) is 19.5 Å². The van der Waals surface area contributed by atoms with E-state index in [1.165, 1.54) is 0 Å². The lowest BCUT2D eigenvalue weighted by Gasteiger charge is -2.29. The molecule has 2 aromatic carbocycles. The molecule has 0 bridgehead atoms. The molecule has 0 spiro atoms. The number of hydrogen-bond acceptors (Lipinski definition) is 5. The van der Waals surface area contributed by atoms with E-state index in [2.05, 4.69) is 6.92 Å². The topological polar surface area (TPSA) is 77.1 Å². The maximum atomic E-state index is 12.6. The molecule has 0 aromatic heterocycles. The van der Waals surface area contributed by atoms with Gasteiger partial charge in [-0.25, -0.2) is 5.01 Å². The minimum absolute atomic E-state index is 0.0327. The quantitative estimate of drug-likeness (QED) is 0.739. The first-order chi connectivity index (χ1) is 13.5. The number of nitrogen functional groups attached to an aromatic ring is 1. The molecule has 1 atom stereocenters. The van der Waals surface area contributed by atoms with Crippen LogP contribution in [0.15, 0.2) is 47.6 Å². The number of ether oxygens (including phenoxy) is 2. The van der Waals surface area contributed by atoms with Crippen LogP contribution < -0.4 is 15.2 Å². The Morgan fingerprint density at radius 1 is 1.14 bits per heavy atom. The van der Waals surface area contributed by atoms with Crippen molar-refractivity contribution in [1.82, 2.24) is 5.01 Å². The van der Waals surface area contributed by atoms with Crippen LogP contribution in [0.5, 0.6) is 11.5 Å². The number of hydrazone groups is 1. The van der Waals surface area contributed by atoms with Crippen LogP contribution >= 0.6 is 0 Å². The predicted molar refractivity (Wildman–Crippen MR) is 111 cm³/mol. The van der Waals surface area contributed by atoms with Crippen molar-refractivity contribution in [3.8, 4) is 11.5 Å². The van der Waals surface area contributed by atoms with E-state index in [0.29, 0.717) is 36.8 Å². The molecule has 28 heavy (non-hydrogen) atoms. The highest BCUT2D eigenvalue weighted by Gasteiger charge is 2.29. The fraction of sp³-hybridized carbons (Fsp3) is 0.364. The zero-order chi connectivity index (χ0) is 20.1. The van der Waals surface area contributed by atoms with Gasteiger partial charge in [-0.1, -0.05) is 19.1 Å². The Labute approximate surface area is 165 Å². The monoisotopic (exact) mass is 381 g/mol. The van der Waals surface area contributed by atoms with Crippen molar-refractivity contribution in [1.29, 1.82) is 0 Å². The predicted octanol–water partition coefficient (Wildman–Crippen LogP) is 3.84. The Morgan fingerprint density at radius 3 is 2.54 bits per heavy atom. The Balaban J connectivity index is 1.94. The molecule has 3 rings (SSSR count). The first kappa shape index (κ1) is 19.7. The van der Waals surface area contributed by atoms with E-state index in [9.17, 15) is 4.79 Å². The molecule has 0 saturated heterocycles. The summed E-state index contributed by atoms with van der Waals surface area (Å²) in [5.41, 5.74) is 9.29. The maximum absolute atomic E-state index is 12.6. The van der Waals surface area contributed by atoms with Crippen LogP contribution in [0.25, 0.3) is 0 Å². The zero-order valence-corrected chi connectivity index (χ0v) is 16.6. The molecule has 1 aliphatic rings. The third kappa shape index (κ3) is 4.27. The van der Waals surface area contributed by atoms with Crippen LogP contribution in [0, 0.1) is 5.92 Å². The summed E-state index contributed by atoms with van der Waals surface area (Å²) in [7, 11) is 1.62. The van der Waals surface area contributed by atoms with E-state index < -0.39 is 0 Å². The molecule has 0 aliphatic carbocycles. The van der Waals surface area contributed by atoms with E-state index in [1.54, 1.807) is 12.1 Å². The molecule has 0 radical (unpaired) electrons. The standard InChI is InChI=1S/C22H27N3O3/c1-4-16-13-21(26)25(14-15-6-9-18(23)10-7-15)24-22(16)17-8-11-19(28-5-2)20(12-17)27-3/h6-12,16H,4-5,13-14,23H2,1-3H3. The molecule has 1 amide bonds. The lowest BCUT2D eigenvalue weighted by Crippen LogP contribution is -2.36. The van der Waals surface area contributed by atoms with Crippen LogP contribution in [0.4, 0.5) is 5.69 Å². The van der Waals surface area contributed by atoms with Gasteiger partial charge in [-0.2, -0.15) is 5.10 Å². The summed E-state index contributed by atoms with van der Waals surface area (Å²) in [6.45, 7) is 5.01. The highest BCUT2D eigenvalue weighted by molar-refractivity contribution is 6.06. The Morgan fingerprint density at radius 2 is 1.89 bits per heavy atom. The minimum Gasteiger partial charge on any atom is -0.493 e. The normalized spacial score (nSPS) is 16.7. The molecule has 0 fully saturated rings. The SMILES string of the molecule is CCOc1ccc(C2=NN(Cc3ccc(N)cc3)C(=O)CC2CC)cc1OC. The average Bonchev–Trinajstić information content (AvgIpc) is 2.71. The van der Waals surface area contributed by atoms with Crippen molar-refractivity contribution < 1.29 is 14.3 Å². The minimum atomic E-state index is 0.0327. The number of rotatable bonds is 7. The number of benzene rings is 2. The van der Waals surface area contributed by atoms with Gasteiger partial charge in [-0.05, 0) is 49.2 Å². The molecule has 2 N–H and O–H groups in total. The number of carbonyl (C=O) groups excluding carboxylic acids is 1. The highest BCUT2D eigenvalue weighted by Crippen LogP contribution is 2.32. The van der Waals surface area contributed by atoms with Crippen molar-refractivity contribution in [2.45, 2.75) is 33.2 Å². The second-order valence-corrected chi connectivity index (χ2v) is 6.79. The lowest BCUT2D eigenvalue weighted by atomic mass is 9.89. The van der Waals surface area contributed by atoms with Gasteiger partial charge >= 0.3 is 0 Å². The number of amides is 1. The van der Waals surface area contributed by atoms with Crippen LogP contribution in [0.2, 0.25) is 0 Å². The second kappa shape index (κ2) is 8.78. The zero-order valence-electron chi connectivity index (χ0n) is 16.6. The van der Waals surface area contributed by atoms with Crippen LogP contribution in [-0.4, -0.2) is 30.3 Å². The number of carbonyl (C=O) groups is 1. The van der Waals surface area contributed by atoms with Gasteiger partial charge in [-0.15, -0.1) is 0 Å². The number of nitrogens with two attached hydrogens (primary N) is 1. The van der Waals surface area contributed by atoms with Gasteiger partial charge in [0, 0.05) is 23.6 Å². The molecular formula is C22H27N3O3. The van der Waals surface area contributed by atoms with Gasteiger partial charge in [0.25, 0.3) is 0 Å². The van der Waals surface area contributed by atoms with Crippen LogP contribution in [0.1, 0.15) is 37.8 Å². The maximum Gasteiger partial charge on any atom is 0.243 e. The third-order valence-corrected chi connectivity index (χ3v) is 4.89. The molecule has 148 valence electrons. The van der Waals surface area contributed by atoms with Gasteiger partial charge in [0.2, 0.25) is 5.91 Å². The Bertz CT molecular complexity index is 862. The lowest BCUT2D eigenvalue weighted by molar-refractivity contribution is -0.133.